The normalized spacial score (nSPS) is 19.3. The molecular weight excluding hydrogens is 321 g/mol. The Kier molecular flexibility index (Phi) is 5.05. The second kappa shape index (κ2) is 6.57. The maximum absolute atomic E-state index is 12.8. The van der Waals surface area contributed by atoms with Crippen molar-refractivity contribution in [3.8, 4) is 0 Å². The van der Waals surface area contributed by atoms with E-state index in [4.69, 9.17) is 0 Å². The van der Waals surface area contributed by atoms with Crippen LogP contribution in [0.15, 0.2) is 12.3 Å². The third-order valence-electron chi connectivity index (χ3n) is 4.12. The SMILES string of the molecule is CN(C(=O)C(C)(C)C)C1CCCN(c2nccc(C(F)(F)F)n2)C1. The average Bonchev–Trinajstić information content (AvgIpc) is 2.52. The zero-order chi connectivity index (χ0) is 18.1. The molecule has 24 heavy (non-hydrogen) atoms. The molecule has 1 unspecified atom stereocenters. The lowest BCUT2D eigenvalue weighted by Gasteiger charge is -2.39. The molecule has 1 aromatic rings. The van der Waals surface area contributed by atoms with Crippen LogP contribution < -0.4 is 4.90 Å². The molecule has 1 fully saturated rings. The molecule has 134 valence electrons. The van der Waals surface area contributed by atoms with Crippen molar-refractivity contribution < 1.29 is 18.0 Å². The van der Waals surface area contributed by atoms with Gasteiger partial charge in [-0.3, -0.25) is 4.79 Å². The van der Waals surface area contributed by atoms with Gasteiger partial charge in [0.15, 0.2) is 0 Å². The second-order valence-electron chi connectivity index (χ2n) is 7.15. The van der Waals surface area contributed by atoms with Gasteiger partial charge in [0.25, 0.3) is 0 Å². The van der Waals surface area contributed by atoms with E-state index in [1.54, 1.807) is 16.8 Å². The fraction of sp³-hybridized carbons (Fsp3) is 0.688. The van der Waals surface area contributed by atoms with Gasteiger partial charge in [0.2, 0.25) is 11.9 Å². The number of nitrogens with zero attached hydrogens (tertiary/aromatic N) is 4. The summed E-state index contributed by atoms with van der Waals surface area (Å²) in [6, 6.07) is 0.795. The number of anilines is 1. The molecule has 1 aliphatic heterocycles. The number of rotatable bonds is 2. The first-order chi connectivity index (χ1) is 11.0. The van der Waals surface area contributed by atoms with E-state index in [0.29, 0.717) is 13.1 Å². The molecule has 2 heterocycles. The number of piperidine rings is 1. The van der Waals surface area contributed by atoms with Crippen LogP contribution in [-0.4, -0.2) is 47.0 Å². The number of hydrogen-bond acceptors (Lipinski definition) is 4. The van der Waals surface area contributed by atoms with Crippen molar-refractivity contribution in [2.45, 2.75) is 45.8 Å². The summed E-state index contributed by atoms with van der Waals surface area (Å²) in [7, 11) is 1.74. The summed E-state index contributed by atoms with van der Waals surface area (Å²) in [6.07, 6.45) is -1.79. The number of halogens is 3. The molecule has 0 saturated carbocycles. The van der Waals surface area contributed by atoms with Crippen molar-refractivity contribution in [2.24, 2.45) is 5.41 Å². The highest BCUT2D eigenvalue weighted by atomic mass is 19.4. The largest absolute Gasteiger partial charge is 0.433 e. The van der Waals surface area contributed by atoms with Gasteiger partial charge in [0.05, 0.1) is 0 Å². The smallest absolute Gasteiger partial charge is 0.341 e. The fourth-order valence-electron chi connectivity index (χ4n) is 2.81. The van der Waals surface area contributed by atoms with Crippen molar-refractivity contribution in [3.63, 3.8) is 0 Å². The van der Waals surface area contributed by atoms with Crippen LogP contribution in [0.25, 0.3) is 0 Å². The minimum Gasteiger partial charge on any atom is -0.341 e. The summed E-state index contributed by atoms with van der Waals surface area (Å²) in [5, 5.41) is 0. The van der Waals surface area contributed by atoms with Crippen molar-refractivity contribution in [3.05, 3.63) is 18.0 Å². The molecule has 0 N–H and O–H groups in total. The van der Waals surface area contributed by atoms with E-state index in [0.717, 1.165) is 25.1 Å². The maximum Gasteiger partial charge on any atom is 0.433 e. The Labute approximate surface area is 139 Å². The van der Waals surface area contributed by atoms with E-state index in [-0.39, 0.29) is 17.9 Å². The molecule has 1 aromatic heterocycles. The van der Waals surface area contributed by atoms with Crippen LogP contribution in [0.2, 0.25) is 0 Å². The van der Waals surface area contributed by atoms with Gasteiger partial charge >= 0.3 is 6.18 Å². The molecule has 1 amide bonds. The topological polar surface area (TPSA) is 49.3 Å². The second-order valence-corrected chi connectivity index (χ2v) is 7.15. The summed E-state index contributed by atoms with van der Waals surface area (Å²) >= 11 is 0. The van der Waals surface area contributed by atoms with Gasteiger partial charge in [-0.1, -0.05) is 20.8 Å². The van der Waals surface area contributed by atoms with E-state index in [9.17, 15) is 18.0 Å². The van der Waals surface area contributed by atoms with E-state index >= 15 is 0 Å². The van der Waals surface area contributed by atoms with Gasteiger partial charge in [-0.05, 0) is 18.9 Å². The molecule has 0 spiro atoms. The summed E-state index contributed by atoms with van der Waals surface area (Å²) in [5.41, 5.74) is -1.45. The Hall–Kier alpha value is -1.86. The zero-order valence-electron chi connectivity index (χ0n) is 14.4. The van der Waals surface area contributed by atoms with Gasteiger partial charge in [0, 0.05) is 37.8 Å². The zero-order valence-corrected chi connectivity index (χ0v) is 14.4. The van der Waals surface area contributed by atoms with E-state index < -0.39 is 17.3 Å². The lowest BCUT2D eigenvalue weighted by molar-refractivity contribution is -0.141. The van der Waals surface area contributed by atoms with Crippen molar-refractivity contribution in [1.82, 2.24) is 14.9 Å². The van der Waals surface area contributed by atoms with E-state index in [2.05, 4.69) is 9.97 Å². The standard InChI is InChI=1S/C16H23F3N4O/c1-15(2,3)13(24)22(4)11-6-5-9-23(10-11)14-20-8-7-12(21-14)16(17,18)19/h7-8,11H,5-6,9-10H2,1-4H3. The molecule has 1 atom stereocenters. The maximum atomic E-state index is 12.8. The molecule has 2 rings (SSSR count). The molecular formula is C16H23F3N4O. The minimum atomic E-state index is -4.49. The van der Waals surface area contributed by atoms with Crippen LogP contribution >= 0.6 is 0 Å². The predicted octanol–water partition coefficient (Wildman–Crippen LogP) is 2.97. The van der Waals surface area contributed by atoms with E-state index in [1.807, 2.05) is 20.8 Å². The van der Waals surface area contributed by atoms with Gasteiger partial charge < -0.3 is 9.80 Å². The highest BCUT2D eigenvalue weighted by Crippen LogP contribution is 2.29. The Morgan fingerprint density at radius 1 is 1.33 bits per heavy atom. The van der Waals surface area contributed by atoms with E-state index in [1.165, 1.54) is 0 Å². The Morgan fingerprint density at radius 2 is 2.00 bits per heavy atom. The van der Waals surface area contributed by atoms with Gasteiger partial charge in [0.1, 0.15) is 5.69 Å². The van der Waals surface area contributed by atoms with Crippen LogP contribution in [0.4, 0.5) is 19.1 Å². The van der Waals surface area contributed by atoms with Crippen molar-refractivity contribution in [1.29, 1.82) is 0 Å². The molecule has 0 aromatic carbocycles. The summed E-state index contributed by atoms with van der Waals surface area (Å²) < 4.78 is 38.4. The number of alkyl halides is 3. The number of likely N-dealkylation sites (N-methyl/N-ethyl adjacent to an activating group) is 1. The molecule has 1 aliphatic rings. The first kappa shape index (κ1) is 18.5. The predicted molar refractivity (Wildman–Crippen MR) is 84.5 cm³/mol. The van der Waals surface area contributed by atoms with Crippen LogP contribution in [0.3, 0.4) is 0 Å². The first-order valence-electron chi connectivity index (χ1n) is 7.92. The summed E-state index contributed by atoms with van der Waals surface area (Å²) in [5.74, 6) is 0.0745. The number of carbonyl (C=O) groups is 1. The van der Waals surface area contributed by atoms with Gasteiger partial charge in [-0.25, -0.2) is 9.97 Å². The monoisotopic (exact) mass is 344 g/mol. The molecule has 0 bridgehead atoms. The third kappa shape index (κ3) is 4.15. The quantitative estimate of drug-likeness (QED) is 0.828. The molecule has 0 aliphatic carbocycles. The minimum absolute atomic E-state index is 0.0133. The third-order valence-corrected chi connectivity index (χ3v) is 4.12. The Bertz CT molecular complexity index is 598. The molecule has 0 radical (unpaired) electrons. The first-order valence-corrected chi connectivity index (χ1v) is 7.92. The summed E-state index contributed by atoms with van der Waals surface area (Å²) in [4.78, 5) is 23.4. The van der Waals surface area contributed by atoms with Crippen LogP contribution in [0.1, 0.15) is 39.3 Å². The number of aromatic nitrogens is 2. The number of hydrogen-bond donors (Lipinski definition) is 0. The highest BCUT2D eigenvalue weighted by molar-refractivity contribution is 5.81. The van der Waals surface area contributed by atoms with Crippen molar-refractivity contribution in [2.75, 3.05) is 25.0 Å². The lowest BCUT2D eigenvalue weighted by atomic mass is 9.93. The average molecular weight is 344 g/mol. The number of carbonyl (C=O) groups excluding carboxylic acids is 1. The van der Waals surface area contributed by atoms with Crippen LogP contribution in [-0.2, 0) is 11.0 Å². The van der Waals surface area contributed by atoms with Gasteiger partial charge in [-0.15, -0.1) is 0 Å². The molecule has 1 saturated heterocycles. The summed E-state index contributed by atoms with van der Waals surface area (Å²) in [6.45, 7) is 6.56. The lowest BCUT2D eigenvalue weighted by Crippen LogP contribution is -2.51. The fourth-order valence-corrected chi connectivity index (χ4v) is 2.81. The van der Waals surface area contributed by atoms with Crippen LogP contribution in [0, 0.1) is 5.41 Å². The highest BCUT2D eigenvalue weighted by Gasteiger charge is 2.35. The Balaban J connectivity index is 2.15. The molecule has 5 nitrogen and oxygen atoms in total. The van der Waals surface area contributed by atoms with Crippen LogP contribution in [0.5, 0.6) is 0 Å². The molecule has 8 heteroatoms. The van der Waals surface area contributed by atoms with Gasteiger partial charge in [-0.2, -0.15) is 13.2 Å². The number of amides is 1. The Morgan fingerprint density at radius 3 is 2.58 bits per heavy atom. The van der Waals surface area contributed by atoms with Crippen molar-refractivity contribution >= 4 is 11.9 Å².